The second-order valence-corrected chi connectivity index (χ2v) is 7.62. The molecule has 0 amide bonds. The van der Waals surface area contributed by atoms with Crippen molar-refractivity contribution in [2.45, 2.75) is 44.1 Å². The minimum Gasteiger partial charge on any atom is -0.329 e. The molecular weight excluding hydrogens is 234 g/mol. The molecule has 2 heterocycles. The standard InChI is InChI=1S/C16H29N3/c17-11-16(6-8-19-7-5-14(16)10-19)18-9-15(12-1-2-12)13-3-4-13/h12-15,18H,1-11,17H2. The maximum absolute atomic E-state index is 6.21. The summed E-state index contributed by atoms with van der Waals surface area (Å²) in [6.07, 6.45) is 8.62. The highest BCUT2D eigenvalue weighted by Crippen LogP contribution is 2.49. The third-order valence-electron chi connectivity index (χ3n) is 6.44. The van der Waals surface area contributed by atoms with Crippen LogP contribution in [0.2, 0.25) is 0 Å². The highest BCUT2D eigenvalue weighted by Gasteiger charge is 2.47. The second-order valence-electron chi connectivity index (χ2n) is 7.62. The van der Waals surface area contributed by atoms with Crippen LogP contribution in [0.5, 0.6) is 0 Å². The summed E-state index contributed by atoms with van der Waals surface area (Å²) in [6, 6.07) is 0. The van der Waals surface area contributed by atoms with Crippen molar-refractivity contribution in [3.05, 3.63) is 0 Å². The van der Waals surface area contributed by atoms with Crippen molar-refractivity contribution < 1.29 is 0 Å². The van der Waals surface area contributed by atoms with Crippen molar-refractivity contribution in [3.63, 3.8) is 0 Å². The summed E-state index contributed by atoms with van der Waals surface area (Å²) in [4.78, 5) is 2.62. The summed E-state index contributed by atoms with van der Waals surface area (Å²) in [5, 5.41) is 4.00. The van der Waals surface area contributed by atoms with E-state index in [1.54, 1.807) is 0 Å². The lowest BCUT2D eigenvalue weighted by Gasteiger charge is -2.44. The van der Waals surface area contributed by atoms with Crippen LogP contribution in [-0.4, -0.2) is 43.2 Å². The molecule has 4 rings (SSSR count). The van der Waals surface area contributed by atoms with Crippen LogP contribution in [0.1, 0.15) is 38.5 Å². The summed E-state index contributed by atoms with van der Waals surface area (Å²) >= 11 is 0. The lowest BCUT2D eigenvalue weighted by Crippen LogP contribution is -2.61. The molecule has 0 aromatic heterocycles. The number of nitrogens with zero attached hydrogens (tertiary/aromatic N) is 1. The van der Waals surface area contributed by atoms with Gasteiger partial charge in [-0.05, 0) is 81.8 Å². The number of fused-ring (bicyclic) bond motifs is 2. The number of piperidine rings is 1. The maximum Gasteiger partial charge on any atom is 0.0357 e. The molecule has 19 heavy (non-hydrogen) atoms. The molecule has 3 heteroatoms. The van der Waals surface area contributed by atoms with Crippen molar-refractivity contribution in [3.8, 4) is 0 Å². The second kappa shape index (κ2) is 4.71. The van der Waals surface area contributed by atoms with E-state index < -0.39 is 0 Å². The van der Waals surface area contributed by atoms with Crippen LogP contribution in [0.4, 0.5) is 0 Å². The van der Waals surface area contributed by atoms with Crippen LogP contribution in [-0.2, 0) is 0 Å². The SMILES string of the molecule is NCC1(NCC(C2CC2)C2CC2)CCN2CCC1C2. The zero-order chi connectivity index (χ0) is 12.9. The van der Waals surface area contributed by atoms with Crippen LogP contribution in [0.25, 0.3) is 0 Å². The number of nitrogens with two attached hydrogens (primary N) is 1. The lowest BCUT2D eigenvalue weighted by molar-refractivity contribution is 0.127. The topological polar surface area (TPSA) is 41.3 Å². The Morgan fingerprint density at radius 2 is 1.84 bits per heavy atom. The molecule has 3 N–H and O–H groups in total. The van der Waals surface area contributed by atoms with E-state index in [0.29, 0.717) is 0 Å². The van der Waals surface area contributed by atoms with Gasteiger partial charge in [-0.1, -0.05) is 0 Å². The molecule has 2 aliphatic heterocycles. The molecule has 2 aliphatic carbocycles. The Morgan fingerprint density at radius 3 is 2.47 bits per heavy atom. The molecule has 0 radical (unpaired) electrons. The van der Waals surface area contributed by atoms with Gasteiger partial charge < -0.3 is 16.0 Å². The Balaban J connectivity index is 1.41. The minimum absolute atomic E-state index is 0.273. The van der Waals surface area contributed by atoms with Crippen LogP contribution in [0.15, 0.2) is 0 Å². The van der Waals surface area contributed by atoms with E-state index in [-0.39, 0.29) is 5.54 Å². The summed E-state index contributed by atoms with van der Waals surface area (Å²) in [5.41, 5.74) is 6.48. The number of hydrogen-bond donors (Lipinski definition) is 2. The highest BCUT2D eigenvalue weighted by molar-refractivity contribution is 5.05. The molecule has 3 unspecified atom stereocenters. The van der Waals surface area contributed by atoms with Gasteiger partial charge in [0.1, 0.15) is 0 Å². The first-order valence-corrected chi connectivity index (χ1v) is 8.48. The van der Waals surface area contributed by atoms with Crippen molar-refractivity contribution in [1.82, 2.24) is 10.2 Å². The van der Waals surface area contributed by atoms with E-state index in [4.69, 9.17) is 5.73 Å². The predicted molar refractivity (Wildman–Crippen MR) is 77.9 cm³/mol. The fourth-order valence-corrected chi connectivity index (χ4v) is 4.71. The first-order valence-electron chi connectivity index (χ1n) is 8.48. The summed E-state index contributed by atoms with van der Waals surface area (Å²) in [6.45, 7) is 5.96. The molecule has 2 saturated carbocycles. The van der Waals surface area contributed by atoms with Gasteiger partial charge in [0.2, 0.25) is 0 Å². The summed E-state index contributed by atoms with van der Waals surface area (Å²) in [7, 11) is 0. The van der Waals surface area contributed by atoms with Gasteiger partial charge in [0.05, 0.1) is 0 Å². The van der Waals surface area contributed by atoms with Gasteiger partial charge in [0.15, 0.2) is 0 Å². The van der Waals surface area contributed by atoms with E-state index in [1.807, 2.05) is 0 Å². The molecular formula is C16H29N3. The first-order chi connectivity index (χ1) is 9.31. The van der Waals surface area contributed by atoms with Gasteiger partial charge in [-0.15, -0.1) is 0 Å². The van der Waals surface area contributed by atoms with Crippen LogP contribution < -0.4 is 11.1 Å². The molecule has 0 aromatic rings. The molecule has 108 valence electrons. The zero-order valence-electron chi connectivity index (χ0n) is 12.1. The highest BCUT2D eigenvalue weighted by atomic mass is 15.2. The number of hydrogen-bond acceptors (Lipinski definition) is 3. The van der Waals surface area contributed by atoms with Gasteiger partial charge in [0.25, 0.3) is 0 Å². The Morgan fingerprint density at radius 1 is 1.11 bits per heavy atom. The summed E-state index contributed by atoms with van der Waals surface area (Å²) in [5.74, 6) is 3.89. The third kappa shape index (κ3) is 2.34. The van der Waals surface area contributed by atoms with Crippen molar-refractivity contribution in [2.24, 2.45) is 29.4 Å². The van der Waals surface area contributed by atoms with Crippen molar-refractivity contribution >= 4 is 0 Å². The molecule has 4 fully saturated rings. The molecule has 3 nitrogen and oxygen atoms in total. The van der Waals surface area contributed by atoms with E-state index in [9.17, 15) is 0 Å². The van der Waals surface area contributed by atoms with Crippen LogP contribution >= 0.6 is 0 Å². The van der Waals surface area contributed by atoms with Gasteiger partial charge in [-0.25, -0.2) is 0 Å². The Labute approximate surface area is 117 Å². The average molecular weight is 263 g/mol. The zero-order valence-corrected chi connectivity index (χ0v) is 12.1. The molecule has 4 aliphatic rings. The summed E-state index contributed by atoms with van der Waals surface area (Å²) < 4.78 is 0. The molecule has 0 aromatic carbocycles. The molecule has 2 bridgehead atoms. The molecule has 3 atom stereocenters. The van der Waals surface area contributed by atoms with Crippen LogP contribution in [0, 0.1) is 23.7 Å². The van der Waals surface area contributed by atoms with E-state index in [0.717, 1.165) is 30.2 Å². The first kappa shape index (κ1) is 12.6. The normalized spacial score (nSPS) is 42.0. The van der Waals surface area contributed by atoms with E-state index >= 15 is 0 Å². The fourth-order valence-electron chi connectivity index (χ4n) is 4.71. The number of rotatable bonds is 6. The third-order valence-corrected chi connectivity index (χ3v) is 6.44. The maximum atomic E-state index is 6.21. The minimum atomic E-state index is 0.273. The van der Waals surface area contributed by atoms with E-state index in [2.05, 4.69) is 10.2 Å². The predicted octanol–water partition coefficient (Wildman–Crippen LogP) is 1.44. The quantitative estimate of drug-likeness (QED) is 0.762. The Bertz CT molecular complexity index is 325. The van der Waals surface area contributed by atoms with Gasteiger partial charge >= 0.3 is 0 Å². The van der Waals surface area contributed by atoms with Gasteiger partial charge in [-0.2, -0.15) is 0 Å². The molecule has 0 spiro atoms. The molecule has 2 saturated heterocycles. The fraction of sp³-hybridized carbons (Fsp3) is 1.00. The lowest BCUT2D eigenvalue weighted by atomic mass is 9.78. The van der Waals surface area contributed by atoms with Crippen molar-refractivity contribution in [1.29, 1.82) is 0 Å². The monoisotopic (exact) mass is 263 g/mol. The van der Waals surface area contributed by atoms with Gasteiger partial charge in [0, 0.05) is 18.6 Å². The number of nitrogens with one attached hydrogen (secondary N) is 1. The smallest absolute Gasteiger partial charge is 0.0357 e. The largest absolute Gasteiger partial charge is 0.329 e. The van der Waals surface area contributed by atoms with Crippen LogP contribution in [0.3, 0.4) is 0 Å². The Hall–Kier alpha value is -0.120. The Kier molecular flexibility index (Phi) is 3.13. The average Bonchev–Trinajstić information content (AvgIpc) is 3.34. The van der Waals surface area contributed by atoms with E-state index in [1.165, 1.54) is 64.7 Å². The van der Waals surface area contributed by atoms with Gasteiger partial charge in [-0.3, -0.25) is 0 Å². The van der Waals surface area contributed by atoms with Crippen molar-refractivity contribution in [2.75, 3.05) is 32.7 Å².